The van der Waals surface area contributed by atoms with Crippen LogP contribution in [-0.2, 0) is 11.0 Å². The smallest absolute Gasteiger partial charge is 0.419 e. The zero-order valence-corrected chi connectivity index (χ0v) is 15.1. The van der Waals surface area contributed by atoms with Gasteiger partial charge in [0.2, 0.25) is 5.91 Å². The van der Waals surface area contributed by atoms with Gasteiger partial charge < -0.3 is 15.4 Å². The topological polar surface area (TPSA) is 74.4 Å². The second-order valence-electron chi connectivity index (χ2n) is 6.92. The zero-order chi connectivity index (χ0) is 19.4. The quantitative estimate of drug-likeness (QED) is 0.595. The fourth-order valence-electron chi connectivity index (χ4n) is 3.55. The van der Waals surface area contributed by atoms with Crippen molar-refractivity contribution in [1.82, 2.24) is 21.5 Å². The van der Waals surface area contributed by atoms with Crippen LogP contribution in [0, 0.1) is 5.92 Å². The Morgan fingerprint density at radius 2 is 2.11 bits per heavy atom. The summed E-state index contributed by atoms with van der Waals surface area (Å²) in [5, 5.41) is 6.09. The van der Waals surface area contributed by atoms with Crippen molar-refractivity contribution in [2.45, 2.75) is 44.1 Å². The third-order valence-electron chi connectivity index (χ3n) is 5.11. The molecule has 150 valence electrons. The Morgan fingerprint density at radius 1 is 1.33 bits per heavy atom. The molecule has 0 spiro atoms. The summed E-state index contributed by atoms with van der Waals surface area (Å²) in [5.74, 6) is -0.251. The lowest BCUT2D eigenvalue weighted by Gasteiger charge is -2.28. The molecule has 4 unspecified atom stereocenters. The van der Waals surface area contributed by atoms with Crippen molar-refractivity contribution in [2.75, 3.05) is 19.6 Å². The number of benzene rings is 1. The van der Waals surface area contributed by atoms with Gasteiger partial charge in [-0.25, -0.2) is 5.43 Å². The van der Waals surface area contributed by atoms with E-state index in [-0.39, 0.29) is 36.2 Å². The number of fused-ring (bicyclic) bond motifs is 1. The van der Waals surface area contributed by atoms with Crippen LogP contribution in [0.4, 0.5) is 13.2 Å². The maximum Gasteiger partial charge on any atom is 0.419 e. The molecule has 27 heavy (non-hydrogen) atoms. The van der Waals surface area contributed by atoms with E-state index in [0.717, 1.165) is 25.6 Å². The second-order valence-corrected chi connectivity index (χ2v) is 6.92. The molecule has 3 rings (SSSR count). The number of carbonyl (C=O) groups is 1. The first-order valence-corrected chi connectivity index (χ1v) is 9.22. The predicted octanol–water partition coefficient (Wildman–Crippen LogP) is 1.43. The first-order chi connectivity index (χ1) is 12.9. The summed E-state index contributed by atoms with van der Waals surface area (Å²) in [5.41, 5.74) is 5.36. The Balaban J connectivity index is 1.58. The lowest BCUT2D eigenvalue weighted by atomic mass is 9.89. The monoisotopic (exact) mass is 386 g/mol. The van der Waals surface area contributed by atoms with E-state index in [1.165, 1.54) is 18.2 Å². The van der Waals surface area contributed by atoms with Crippen LogP contribution in [0.15, 0.2) is 24.3 Å². The molecule has 2 saturated heterocycles. The van der Waals surface area contributed by atoms with E-state index in [0.29, 0.717) is 6.42 Å². The minimum atomic E-state index is -4.49. The highest BCUT2D eigenvalue weighted by molar-refractivity contribution is 5.82. The summed E-state index contributed by atoms with van der Waals surface area (Å²) in [6.07, 6.45) is -3.63. The van der Waals surface area contributed by atoms with E-state index < -0.39 is 17.8 Å². The van der Waals surface area contributed by atoms with E-state index in [1.807, 2.05) is 6.92 Å². The van der Waals surface area contributed by atoms with E-state index >= 15 is 0 Å². The number of alkyl halides is 3. The number of hydrazine groups is 1. The number of piperidine rings is 1. The van der Waals surface area contributed by atoms with Crippen molar-refractivity contribution < 1.29 is 22.7 Å². The molecule has 2 aliphatic heterocycles. The van der Waals surface area contributed by atoms with Gasteiger partial charge in [-0.15, -0.1) is 0 Å². The molecule has 4 atom stereocenters. The molecule has 0 saturated carbocycles. The molecule has 6 nitrogen and oxygen atoms in total. The van der Waals surface area contributed by atoms with Gasteiger partial charge in [0.15, 0.2) is 0 Å². The SMILES string of the molecule is CCC(CNC(=O)C1NNC2CCNCC21)Oc1ccccc1C(F)(F)F. The van der Waals surface area contributed by atoms with Crippen molar-refractivity contribution in [3.05, 3.63) is 29.8 Å². The second kappa shape index (κ2) is 8.45. The number of rotatable bonds is 6. The van der Waals surface area contributed by atoms with Crippen LogP contribution in [-0.4, -0.2) is 43.7 Å². The van der Waals surface area contributed by atoms with Crippen LogP contribution in [0.2, 0.25) is 0 Å². The van der Waals surface area contributed by atoms with Gasteiger partial charge in [-0.05, 0) is 31.5 Å². The fourth-order valence-corrected chi connectivity index (χ4v) is 3.55. The molecule has 0 bridgehead atoms. The first kappa shape index (κ1) is 19.9. The Bertz CT molecular complexity index is 656. The van der Waals surface area contributed by atoms with E-state index in [1.54, 1.807) is 0 Å². The summed E-state index contributed by atoms with van der Waals surface area (Å²) >= 11 is 0. The van der Waals surface area contributed by atoms with Crippen LogP contribution in [0.25, 0.3) is 0 Å². The summed E-state index contributed by atoms with van der Waals surface area (Å²) in [7, 11) is 0. The van der Waals surface area contributed by atoms with Gasteiger partial charge in [0.1, 0.15) is 17.9 Å². The van der Waals surface area contributed by atoms with Gasteiger partial charge in [-0.3, -0.25) is 10.2 Å². The predicted molar refractivity (Wildman–Crippen MR) is 94.0 cm³/mol. The molecule has 2 aliphatic rings. The Labute approximate surface area is 156 Å². The van der Waals surface area contributed by atoms with Gasteiger partial charge in [-0.1, -0.05) is 19.1 Å². The first-order valence-electron chi connectivity index (χ1n) is 9.22. The van der Waals surface area contributed by atoms with Crippen LogP contribution < -0.4 is 26.2 Å². The maximum absolute atomic E-state index is 13.1. The molecule has 9 heteroatoms. The van der Waals surface area contributed by atoms with Crippen molar-refractivity contribution in [2.24, 2.45) is 5.92 Å². The molecule has 1 amide bonds. The molecular weight excluding hydrogens is 361 g/mol. The largest absolute Gasteiger partial charge is 0.488 e. The minimum absolute atomic E-state index is 0.143. The number of hydrogen-bond donors (Lipinski definition) is 4. The standard InChI is InChI=1S/C18H25F3N4O2/c1-2-11(27-15-6-4-3-5-13(15)18(19,20)21)9-23-17(26)16-12-10-22-8-7-14(12)24-25-16/h3-6,11-12,14,16,22,24-25H,2,7-10H2,1H3,(H,23,26). The average molecular weight is 386 g/mol. The number of amides is 1. The summed E-state index contributed by atoms with van der Waals surface area (Å²) < 4.78 is 44.9. The number of para-hydroxylation sites is 1. The van der Waals surface area contributed by atoms with Crippen molar-refractivity contribution in [3.8, 4) is 5.75 Å². The molecule has 1 aromatic rings. The molecule has 0 aromatic heterocycles. The van der Waals surface area contributed by atoms with E-state index in [9.17, 15) is 18.0 Å². The number of nitrogens with one attached hydrogen (secondary N) is 4. The van der Waals surface area contributed by atoms with Gasteiger partial charge in [0.25, 0.3) is 0 Å². The Hall–Kier alpha value is -1.84. The minimum Gasteiger partial charge on any atom is -0.488 e. The van der Waals surface area contributed by atoms with Gasteiger partial charge in [0.05, 0.1) is 12.1 Å². The molecule has 2 fully saturated rings. The van der Waals surface area contributed by atoms with Crippen molar-refractivity contribution in [1.29, 1.82) is 0 Å². The molecule has 1 aromatic carbocycles. The molecule has 2 heterocycles. The zero-order valence-electron chi connectivity index (χ0n) is 15.1. The summed E-state index contributed by atoms with van der Waals surface area (Å²) in [4.78, 5) is 12.5. The number of ether oxygens (including phenoxy) is 1. The van der Waals surface area contributed by atoms with Crippen molar-refractivity contribution in [3.63, 3.8) is 0 Å². The summed E-state index contributed by atoms with van der Waals surface area (Å²) in [6.45, 7) is 3.61. The van der Waals surface area contributed by atoms with Gasteiger partial charge in [0, 0.05) is 18.5 Å². The maximum atomic E-state index is 13.1. The fraction of sp³-hybridized carbons (Fsp3) is 0.611. The molecular formula is C18H25F3N4O2. The number of halogens is 3. The molecule has 0 radical (unpaired) electrons. The highest BCUT2D eigenvalue weighted by atomic mass is 19.4. The lowest BCUT2D eigenvalue weighted by Crippen LogP contribution is -2.50. The van der Waals surface area contributed by atoms with Gasteiger partial charge >= 0.3 is 6.18 Å². The van der Waals surface area contributed by atoms with Crippen LogP contribution >= 0.6 is 0 Å². The Kier molecular flexibility index (Phi) is 6.23. The normalized spacial score (nSPS) is 26.3. The molecule has 0 aliphatic carbocycles. The number of carbonyl (C=O) groups excluding carboxylic acids is 1. The van der Waals surface area contributed by atoms with Crippen LogP contribution in [0.1, 0.15) is 25.3 Å². The summed E-state index contributed by atoms with van der Waals surface area (Å²) in [6, 6.07) is 4.99. The average Bonchev–Trinajstić information content (AvgIpc) is 3.08. The van der Waals surface area contributed by atoms with Crippen LogP contribution in [0.5, 0.6) is 5.75 Å². The third kappa shape index (κ3) is 4.72. The lowest BCUT2D eigenvalue weighted by molar-refractivity contribution is -0.139. The third-order valence-corrected chi connectivity index (χ3v) is 5.11. The van der Waals surface area contributed by atoms with Crippen molar-refractivity contribution >= 4 is 5.91 Å². The van der Waals surface area contributed by atoms with Gasteiger partial charge in [-0.2, -0.15) is 13.2 Å². The highest BCUT2D eigenvalue weighted by Gasteiger charge is 2.41. The highest BCUT2D eigenvalue weighted by Crippen LogP contribution is 2.36. The van der Waals surface area contributed by atoms with E-state index in [2.05, 4.69) is 21.5 Å². The van der Waals surface area contributed by atoms with Crippen LogP contribution in [0.3, 0.4) is 0 Å². The number of hydrogen-bond acceptors (Lipinski definition) is 5. The van der Waals surface area contributed by atoms with E-state index in [4.69, 9.17) is 4.74 Å². The molecule has 4 N–H and O–H groups in total. The Morgan fingerprint density at radius 3 is 2.85 bits per heavy atom.